The zero-order valence-corrected chi connectivity index (χ0v) is 12.8. The molecule has 0 bridgehead atoms. The highest BCUT2D eigenvalue weighted by atomic mass is 32.2. The second-order valence-electron chi connectivity index (χ2n) is 4.60. The van der Waals surface area contributed by atoms with E-state index in [0.717, 1.165) is 11.1 Å². The average molecular weight is 306 g/mol. The van der Waals surface area contributed by atoms with Crippen LogP contribution < -0.4 is 15.2 Å². The molecule has 0 saturated heterocycles. The molecule has 0 aromatic heterocycles. The molecule has 0 aliphatic heterocycles. The Morgan fingerprint density at radius 2 is 1.90 bits per heavy atom. The molecule has 2 rings (SSSR count). The summed E-state index contributed by atoms with van der Waals surface area (Å²) in [5.41, 5.74) is 7.79. The molecule has 2 aromatic rings. The van der Waals surface area contributed by atoms with Crippen molar-refractivity contribution in [1.29, 1.82) is 0 Å². The maximum Gasteiger partial charge on any atom is 0.262 e. The van der Waals surface area contributed by atoms with Crippen LogP contribution in [-0.2, 0) is 16.6 Å². The number of nitrogens with two attached hydrogens (primary N) is 1. The Labute approximate surface area is 124 Å². The minimum atomic E-state index is -3.68. The molecule has 0 radical (unpaired) electrons. The number of anilines is 1. The van der Waals surface area contributed by atoms with Crippen LogP contribution in [0.5, 0.6) is 5.75 Å². The van der Waals surface area contributed by atoms with Gasteiger partial charge in [0.25, 0.3) is 10.0 Å². The molecule has 0 amide bonds. The van der Waals surface area contributed by atoms with Crippen molar-refractivity contribution >= 4 is 15.7 Å². The number of hydrogen-bond donors (Lipinski definition) is 2. The first-order chi connectivity index (χ1) is 9.97. The van der Waals surface area contributed by atoms with Gasteiger partial charge in [-0.05, 0) is 42.3 Å². The Balaban J connectivity index is 2.38. The van der Waals surface area contributed by atoms with Crippen LogP contribution >= 0.6 is 0 Å². The van der Waals surface area contributed by atoms with Crippen LogP contribution in [0.1, 0.15) is 11.1 Å². The quantitative estimate of drug-likeness (QED) is 0.888. The third kappa shape index (κ3) is 3.34. The van der Waals surface area contributed by atoms with E-state index in [0.29, 0.717) is 18.0 Å². The molecule has 0 aliphatic rings. The van der Waals surface area contributed by atoms with Crippen LogP contribution in [0.25, 0.3) is 0 Å². The van der Waals surface area contributed by atoms with Crippen LogP contribution in [0.15, 0.2) is 47.4 Å². The lowest BCUT2D eigenvalue weighted by molar-refractivity contribution is 0.417. The van der Waals surface area contributed by atoms with Crippen molar-refractivity contribution in [1.82, 2.24) is 0 Å². The van der Waals surface area contributed by atoms with E-state index >= 15 is 0 Å². The predicted molar refractivity (Wildman–Crippen MR) is 82.9 cm³/mol. The number of sulfonamides is 1. The molecule has 2 aromatic carbocycles. The van der Waals surface area contributed by atoms with Gasteiger partial charge < -0.3 is 10.5 Å². The molecular weight excluding hydrogens is 288 g/mol. The lowest BCUT2D eigenvalue weighted by Gasteiger charge is -2.13. The van der Waals surface area contributed by atoms with Gasteiger partial charge in [-0.25, -0.2) is 8.42 Å². The Morgan fingerprint density at radius 3 is 2.57 bits per heavy atom. The van der Waals surface area contributed by atoms with Gasteiger partial charge in [-0.15, -0.1) is 0 Å². The third-order valence-corrected chi connectivity index (χ3v) is 4.57. The Kier molecular flexibility index (Phi) is 4.50. The van der Waals surface area contributed by atoms with Crippen molar-refractivity contribution in [2.24, 2.45) is 5.73 Å². The third-order valence-electron chi connectivity index (χ3n) is 3.20. The number of benzene rings is 2. The van der Waals surface area contributed by atoms with E-state index in [-0.39, 0.29) is 4.90 Å². The molecule has 0 unspecified atom stereocenters. The second-order valence-corrected chi connectivity index (χ2v) is 6.28. The van der Waals surface area contributed by atoms with Gasteiger partial charge in [0.05, 0.1) is 17.7 Å². The van der Waals surface area contributed by atoms with Crippen molar-refractivity contribution < 1.29 is 13.2 Å². The minimum absolute atomic E-state index is 0.180. The summed E-state index contributed by atoms with van der Waals surface area (Å²) in [4.78, 5) is 0.180. The summed E-state index contributed by atoms with van der Waals surface area (Å²) in [6, 6.07) is 11.8. The largest absolute Gasteiger partial charge is 0.495 e. The monoisotopic (exact) mass is 306 g/mol. The fraction of sp³-hybridized carbons (Fsp3) is 0.200. The minimum Gasteiger partial charge on any atom is -0.495 e. The van der Waals surface area contributed by atoms with Gasteiger partial charge in [0.1, 0.15) is 5.75 Å². The highest BCUT2D eigenvalue weighted by Gasteiger charge is 2.17. The number of hydrogen-bond acceptors (Lipinski definition) is 4. The van der Waals surface area contributed by atoms with Gasteiger partial charge >= 0.3 is 0 Å². The van der Waals surface area contributed by atoms with Gasteiger partial charge in [-0.3, -0.25) is 4.72 Å². The summed E-state index contributed by atoms with van der Waals surface area (Å²) in [6.07, 6.45) is 0. The van der Waals surface area contributed by atoms with Crippen molar-refractivity contribution in [2.45, 2.75) is 18.4 Å². The number of nitrogens with one attached hydrogen (secondary N) is 1. The van der Waals surface area contributed by atoms with Crippen LogP contribution in [0.4, 0.5) is 5.69 Å². The lowest BCUT2D eigenvalue weighted by Crippen LogP contribution is -2.14. The Hall–Kier alpha value is -2.05. The van der Waals surface area contributed by atoms with Gasteiger partial charge in [0, 0.05) is 6.54 Å². The first kappa shape index (κ1) is 15.3. The van der Waals surface area contributed by atoms with Gasteiger partial charge in [0.15, 0.2) is 0 Å². The lowest BCUT2D eigenvalue weighted by atomic mass is 10.1. The van der Waals surface area contributed by atoms with Gasteiger partial charge in [-0.2, -0.15) is 0 Å². The molecule has 0 heterocycles. The fourth-order valence-corrected chi connectivity index (χ4v) is 3.09. The highest BCUT2D eigenvalue weighted by molar-refractivity contribution is 7.92. The van der Waals surface area contributed by atoms with E-state index in [1.807, 2.05) is 6.92 Å². The standard InChI is InChI=1S/C15H18N2O3S/c1-11-7-8-13(9-12(11)10-16)21(18,19)17-14-5-3-4-6-15(14)20-2/h3-9,17H,10,16H2,1-2H3. The number of rotatable bonds is 5. The number of aryl methyl sites for hydroxylation is 1. The Bertz CT molecular complexity index is 742. The summed E-state index contributed by atoms with van der Waals surface area (Å²) in [7, 11) is -2.19. The average Bonchev–Trinajstić information content (AvgIpc) is 2.47. The maximum absolute atomic E-state index is 12.4. The molecule has 0 aliphatic carbocycles. The maximum atomic E-state index is 12.4. The number of methoxy groups -OCH3 is 1. The molecule has 0 fully saturated rings. The van der Waals surface area contributed by atoms with E-state index in [1.54, 1.807) is 42.5 Å². The Morgan fingerprint density at radius 1 is 1.19 bits per heavy atom. The summed E-state index contributed by atoms with van der Waals surface area (Å²) in [6.45, 7) is 2.19. The molecule has 112 valence electrons. The molecule has 5 nitrogen and oxygen atoms in total. The van der Waals surface area contributed by atoms with E-state index in [9.17, 15) is 8.42 Å². The van der Waals surface area contributed by atoms with E-state index in [4.69, 9.17) is 10.5 Å². The van der Waals surface area contributed by atoms with E-state index in [1.165, 1.54) is 7.11 Å². The molecular formula is C15H18N2O3S. The van der Waals surface area contributed by atoms with Gasteiger partial charge in [-0.1, -0.05) is 18.2 Å². The summed E-state index contributed by atoms with van der Waals surface area (Å²) < 4.78 is 32.6. The second kappa shape index (κ2) is 6.15. The predicted octanol–water partition coefficient (Wildman–Crippen LogP) is 2.26. The van der Waals surface area contributed by atoms with Crippen molar-refractivity contribution in [3.8, 4) is 5.75 Å². The zero-order chi connectivity index (χ0) is 15.5. The van der Waals surface area contributed by atoms with Crippen LogP contribution in [0, 0.1) is 6.92 Å². The van der Waals surface area contributed by atoms with Gasteiger partial charge in [0.2, 0.25) is 0 Å². The first-order valence-corrected chi connectivity index (χ1v) is 7.91. The summed E-state index contributed by atoms with van der Waals surface area (Å²) in [5, 5.41) is 0. The molecule has 0 spiro atoms. The van der Waals surface area contributed by atoms with E-state index in [2.05, 4.69) is 4.72 Å². The molecule has 21 heavy (non-hydrogen) atoms. The van der Waals surface area contributed by atoms with Crippen LogP contribution in [0.2, 0.25) is 0 Å². The number of para-hydroxylation sites is 2. The van der Waals surface area contributed by atoms with Crippen molar-refractivity contribution in [3.05, 3.63) is 53.6 Å². The summed E-state index contributed by atoms with van der Waals surface area (Å²) in [5.74, 6) is 0.465. The van der Waals surface area contributed by atoms with Crippen molar-refractivity contribution in [3.63, 3.8) is 0 Å². The zero-order valence-electron chi connectivity index (χ0n) is 12.0. The van der Waals surface area contributed by atoms with Crippen LogP contribution in [-0.4, -0.2) is 15.5 Å². The molecule has 0 saturated carbocycles. The fourth-order valence-electron chi connectivity index (χ4n) is 1.97. The van der Waals surface area contributed by atoms with Crippen molar-refractivity contribution in [2.75, 3.05) is 11.8 Å². The first-order valence-electron chi connectivity index (χ1n) is 6.43. The molecule has 3 N–H and O–H groups in total. The van der Waals surface area contributed by atoms with Crippen LogP contribution in [0.3, 0.4) is 0 Å². The normalized spacial score (nSPS) is 11.2. The number of ether oxygens (including phenoxy) is 1. The highest BCUT2D eigenvalue weighted by Crippen LogP contribution is 2.26. The summed E-state index contributed by atoms with van der Waals surface area (Å²) >= 11 is 0. The molecule has 6 heteroatoms. The smallest absolute Gasteiger partial charge is 0.262 e. The molecule has 0 atom stereocenters. The SMILES string of the molecule is COc1ccccc1NS(=O)(=O)c1ccc(C)c(CN)c1. The van der Waals surface area contributed by atoms with E-state index < -0.39 is 10.0 Å². The topological polar surface area (TPSA) is 81.4 Å².